The van der Waals surface area contributed by atoms with Crippen LogP contribution in [0.1, 0.15) is 46.5 Å². The van der Waals surface area contributed by atoms with Crippen molar-refractivity contribution in [2.75, 3.05) is 13.1 Å². The molecule has 0 bridgehead atoms. The van der Waals surface area contributed by atoms with E-state index >= 15 is 0 Å². The fraction of sp³-hybridized carbons (Fsp3) is 0.923. The van der Waals surface area contributed by atoms with Crippen molar-refractivity contribution in [2.45, 2.75) is 52.5 Å². The number of hydrogen-bond donors (Lipinski definition) is 2. The molecule has 1 amide bonds. The van der Waals surface area contributed by atoms with Crippen LogP contribution in [0.4, 0.5) is 0 Å². The van der Waals surface area contributed by atoms with E-state index in [1.165, 1.54) is 25.7 Å². The van der Waals surface area contributed by atoms with E-state index in [1.807, 2.05) is 6.92 Å². The van der Waals surface area contributed by atoms with Crippen molar-refractivity contribution in [3.8, 4) is 0 Å². The van der Waals surface area contributed by atoms with E-state index in [0.717, 1.165) is 13.1 Å². The molecule has 1 heterocycles. The lowest BCUT2D eigenvalue weighted by atomic mass is 9.97. The maximum absolute atomic E-state index is 11.8. The first-order chi connectivity index (χ1) is 7.61. The minimum absolute atomic E-state index is 0.116. The highest BCUT2D eigenvalue weighted by atomic mass is 16.1. The van der Waals surface area contributed by atoms with Crippen LogP contribution in [-0.4, -0.2) is 25.0 Å². The van der Waals surface area contributed by atoms with Gasteiger partial charge >= 0.3 is 0 Å². The summed E-state index contributed by atoms with van der Waals surface area (Å²) in [6, 6.07) is 0.478. The third-order valence-corrected chi connectivity index (χ3v) is 3.60. The minimum atomic E-state index is 0.116. The van der Waals surface area contributed by atoms with E-state index in [0.29, 0.717) is 12.0 Å². The van der Waals surface area contributed by atoms with Gasteiger partial charge in [-0.1, -0.05) is 33.6 Å². The van der Waals surface area contributed by atoms with Crippen LogP contribution in [0.25, 0.3) is 0 Å². The molecule has 2 unspecified atom stereocenters. The van der Waals surface area contributed by atoms with Gasteiger partial charge in [0.15, 0.2) is 0 Å². The number of rotatable bonds is 4. The van der Waals surface area contributed by atoms with Crippen LogP contribution < -0.4 is 10.6 Å². The van der Waals surface area contributed by atoms with E-state index < -0.39 is 0 Å². The Bertz CT molecular complexity index is 208. The average molecular weight is 226 g/mol. The SMILES string of the molecule is CC(C)C(C)C(=O)NCC1CCCCCN1. The van der Waals surface area contributed by atoms with E-state index in [4.69, 9.17) is 0 Å². The highest BCUT2D eigenvalue weighted by Gasteiger charge is 2.18. The minimum Gasteiger partial charge on any atom is -0.354 e. The molecule has 2 atom stereocenters. The fourth-order valence-electron chi connectivity index (χ4n) is 1.96. The smallest absolute Gasteiger partial charge is 0.223 e. The molecule has 0 aromatic rings. The molecule has 0 aromatic carbocycles. The van der Waals surface area contributed by atoms with Gasteiger partial charge < -0.3 is 10.6 Å². The van der Waals surface area contributed by atoms with Gasteiger partial charge in [0.1, 0.15) is 0 Å². The highest BCUT2D eigenvalue weighted by Crippen LogP contribution is 2.10. The van der Waals surface area contributed by atoms with Crippen molar-refractivity contribution in [1.82, 2.24) is 10.6 Å². The summed E-state index contributed by atoms with van der Waals surface area (Å²) < 4.78 is 0. The van der Waals surface area contributed by atoms with E-state index in [2.05, 4.69) is 24.5 Å². The summed E-state index contributed by atoms with van der Waals surface area (Å²) in [5.41, 5.74) is 0. The molecule has 2 N–H and O–H groups in total. The molecule has 0 aliphatic carbocycles. The number of amides is 1. The van der Waals surface area contributed by atoms with Crippen molar-refractivity contribution in [2.24, 2.45) is 11.8 Å². The summed E-state index contributed by atoms with van der Waals surface area (Å²) in [6.07, 6.45) is 5.07. The predicted molar refractivity (Wildman–Crippen MR) is 67.3 cm³/mol. The lowest BCUT2D eigenvalue weighted by Gasteiger charge is -2.20. The molecule has 3 nitrogen and oxygen atoms in total. The van der Waals surface area contributed by atoms with Crippen LogP contribution in [0.15, 0.2) is 0 Å². The number of hydrogen-bond acceptors (Lipinski definition) is 2. The molecular formula is C13H26N2O. The van der Waals surface area contributed by atoms with Gasteiger partial charge in [-0.3, -0.25) is 4.79 Å². The molecule has 0 spiro atoms. The third kappa shape index (κ3) is 4.52. The molecule has 16 heavy (non-hydrogen) atoms. The number of carbonyl (C=O) groups is 1. The Morgan fingerprint density at radius 1 is 1.31 bits per heavy atom. The van der Waals surface area contributed by atoms with E-state index in [1.54, 1.807) is 0 Å². The first-order valence-electron chi connectivity index (χ1n) is 6.62. The van der Waals surface area contributed by atoms with Gasteiger partial charge in [-0.05, 0) is 25.3 Å². The first kappa shape index (κ1) is 13.5. The van der Waals surface area contributed by atoms with Crippen LogP contribution in [0.2, 0.25) is 0 Å². The molecule has 1 aliphatic heterocycles. The highest BCUT2D eigenvalue weighted by molar-refractivity contribution is 5.78. The van der Waals surface area contributed by atoms with Gasteiger partial charge in [0.05, 0.1) is 0 Å². The summed E-state index contributed by atoms with van der Waals surface area (Å²) in [5, 5.41) is 6.55. The number of carbonyl (C=O) groups excluding carboxylic acids is 1. The third-order valence-electron chi connectivity index (χ3n) is 3.60. The van der Waals surface area contributed by atoms with E-state index in [9.17, 15) is 4.79 Å². The van der Waals surface area contributed by atoms with Gasteiger partial charge in [0.2, 0.25) is 5.91 Å². The van der Waals surface area contributed by atoms with Crippen molar-refractivity contribution < 1.29 is 4.79 Å². The van der Waals surface area contributed by atoms with Gasteiger partial charge in [-0.25, -0.2) is 0 Å². The monoisotopic (exact) mass is 226 g/mol. The van der Waals surface area contributed by atoms with Gasteiger partial charge in [0.25, 0.3) is 0 Å². The average Bonchev–Trinajstić information content (AvgIpc) is 2.53. The molecule has 94 valence electrons. The Kier molecular flexibility index (Phi) is 5.81. The molecular weight excluding hydrogens is 200 g/mol. The molecule has 1 fully saturated rings. The first-order valence-corrected chi connectivity index (χ1v) is 6.62. The Hall–Kier alpha value is -0.570. The molecule has 1 aliphatic rings. The lowest BCUT2D eigenvalue weighted by molar-refractivity contribution is -0.125. The van der Waals surface area contributed by atoms with Crippen molar-refractivity contribution in [3.05, 3.63) is 0 Å². The maximum Gasteiger partial charge on any atom is 0.223 e. The summed E-state index contributed by atoms with van der Waals surface area (Å²) in [6.45, 7) is 8.07. The van der Waals surface area contributed by atoms with Crippen LogP contribution in [0, 0.1) is 11.8 Å². The molecule has 0 aromatic heterocycles. The summed E-state index contributed by atoms with van der Waals surface area (Å²) in [7, 11) is 0. The Balaban J connectivity index is 2.24. The molecule has 3 heteroatoms. The Morgan fingerprint density at radius 3 is 2.75 bits per heavy atom. The second-order valence-electron chi connectivity index (χ2n) is 5.28. The van der Waals surface area contributed by atoms with Gasteiger partial charge in [-0.2, -0.15) is 0 Å². The zero-order valence-corrected chi connectivity index (χ0v) is 10.9. The number of nitrogens with one attached hydrogen (secondary N) is 2. The van der Waals surface area contributed by atoms with Gasteiger partial charge in [0, 0.05) is 18.5 Å². The zero-order chi connectivity index (χ0) is 12.0. The van der Waals surface area contributed by atoms with Crippen molar-refractivity contribution in [3.63, 3.8) is 0 Å². The maximum atomic E-state index is 11.8. The lowest BCUT2D eigenvalue weighted by Crippen LogP contribution is -2.42. The second-order valence-corrected chi connectivity index (χ2v) is 5.28. The van der Waals surface area contributed by atoms with Gasteiger partial charge in [-0.15, -0.1) is 0 Å². The van der Waals surface area contributed by atoms with Crippen LogP contribution in [0.5, 0.6) is 0 Å². The molecule has 0 saturated carbocycles. The molecule has 0 radical (unpaired) electrons. The van der Waals surface area contributed by atoms with Crippen molar-refractivity contribution >= 4 is 5.91 Å². The van der Waals surface area contributed by atoms with E-state index in [-0.39, 0.29) is 11.8 Å². The quantitative estimate of drug-likeness (QED) is 0.769. The fourth-order valence-corrected chi connectivity index (χ4v) is 1.96. The molecule has 1 rings (SSSR count). The summed E-state index contributed by atoms with van der Waals surface area (Å²) in [4.78, 5) is 11.8. The zero-order valence-electron chi connectivity index (χ0n) is 10.9. The normalized spacial score (nSPS) is 23.9. The largest absolute Gasteiger partial charge is 0.354 e. The topological polar surface area (TPSA) is 41.1 Å². The van der Waals surface area contributed by atoms with Crippen LogP contribution in [-0.2, 0) is 4.79 Å². The van der Waals surface area contributed by atoms with Crippen LogP contribution in [0.3, 0.4) is 0 Å². The summed E-state index contributed by atoms with van der Waals surface area (Å²) in [5.74, 6) is 0.730. The second kappa shape index (κ2) is 6.89. The van der Waals surface area contributed by atoms with Crippen LogP contribution >= 0.6 is 0 Å². The molecule has 1 saturated heterocycles. The Morgan fingerprint density at radius 2 is 2.06 bits per heavy atom. The standard InChI is InChI=1S/C13H26N2O/c1-10(2)11(3)13(16)15-9-12-7-5-4-6-8-14-12/h10-12,14H,4-9H2,1-3H3,(H,15,16). The Labute approximate surface area is 99.4 Å². The predicted octanol–water partition coefficient (Wildman–Crippen LogP) is 1.93. The van der Waals surface area contributed by atoms with Crippen molar-refractivity contribution in [1.29, 1.82) is 0 Å². The summed E-state index contributed by atoms with van der Waals surface area (Å²) >= 11 is 0.